The van der Waals surface area contributed by atoms with Crippen molar-refractivity contribution in [1.82, 2.24) is 9.97 Å². The lowest BCUT2D eigenvalue weighted by Crippen LogP contribution is -2.19. The summed E-state index contributed by atoms with van der Waals surface area (Å²) in [5, 5.41) is 0.636. The largest absolute Gasteiger partial charge is 0.465 e. The van der Waals surface area contributed by atoms with E-state index in [1.54, 1.807) is 6.92 Å². The van der Waals surface area contributed by atoms with Crippen molar-refractivity contribution in [2.45, 2.75) is 36.5 Å². The number of methoxy groups -OCH3 is 1. The van der Waals surface area contributed by atoms with E-state index in [1.165, 1.54) is 30.0 Å². The van der Waals surface area contributed by atoms with Gasteiger partial charge in [0.15, 0.2) is 0 Å². The van der Waals surface area contributed by atoms with Gasteiger partial charge in [0.1, 0.15) is 10.6 Å². The van der Waals surface area contributed by atoms with Crippen molar-refractivity contribution >= 4 is 17.7 Å². The Bertz CT molecular complexity index is 801. The number of esters is 1. The minimum atomic E-state index is -0.474. The van der Waals surface area contributed by atoms with Crippen molar-refractivity contribution in [3.63, 3.8) is 0 Å². The van der Waals surface area contributed by atoms with Gasteiger partial charge in [-0.25, -0.2) is 9.59 Å². The predicted molar refractivity (Wildman–Crippen MR) is 88.9 cm³/mol. The molecule has 0 unspecified atom stereocenters. The fraction of sp³-hybridized carbons (Fsp3) is 0.353. The Morgan fingerprint density at radius 2 is 2.17 bits per heavy atom. The van der Waals surface area contributed by atoms with Gasteiger partial charge in [-0.1, -0.05) is 36.0 Å². The number of carbonyl (C=O) groups excluding carboxylic acids is 1. The molecule has 1 aliphatic rings. The van der Waals surface area contributed by atoms with Crippen molar-refractivity contribution < 1.29 is 9.53 Å². The Morgan fingerprint density at radius 1 is 1.39 bits per heavy atom. The summed E-state index contributed by atoms with van der Waals surface area (Å²) in [7, 11) is 1.33. The molecule has 1 heterocycles. The first-order valence-electron chi connectivity index (χ1n) is 7.54. The van der Waals surface area contributed by atoms with Gasteiger partial charge in [-0.05, 0) is 37.3 Å². The van der Waals surface area contributed by atoms with E-state index in [0.717, 1.165) is 19.3 Å². The number of aromatic nitrogens is 2. The van der Waals surface area contributed by atoms with E-state index in [9.17, 15) is 9.59 Å². The summed E-state index contributed by atoms with van der Waals surface area (Å²) in [6.07, 6.45) is 3.15. The number of aryl methyl sites for hydroxylation is 2. The molecule has 0 spiro atoms. The molecule has 6 heteroatoms. The van der Waals surface area contributed by atoms with Crippen LogP contribution in [0.2, 0.25) is 0 Å². The molecule has 1 atom stereocenters. The van der Waals surface area contributed by atoms with Gasteiger partial charge < -0.3 is 9.72 Å². The maximum atomic E-state index is 12.1. The van der Waals surface area contributed by atoms with Gasteiger partial charge in [-0.3, -0.25) is 0 Å². The summed E-state index contributed by atoms with van der Waals surface area (Å²) >= 11 is 1.47. The Balaban J connectivity index is 2.01. The first-order valence-corrected chi connectivity index (χ1v) is 8.42. The normalized spacial score (nSPS) is 16.7. The molecule has 120 valence electrons. The predicted octanol–water partition coefficient (Wildman–Crippen LogP) is 3.03. The molecule has 2 aromatic rings. The minimum absolute atomic E-state index is 0.192. The van der Waals surface area contributed by atoms with Crippen molar-refractivity contribution in [3.05, 3.63) is 57.1 Å². The van der Waals surface area contributed by atoms with E-state index < -0.39 is 11.7 Å². The highest BCUT2D eigenvalue weighted by molar-refractivity contribution is 7.99. The SMILES string of the molecule is COC(=O)c1c(S[C@H]2CCCc3ccccc32)nc(=O)[nH]c1C. The Labute approximate surface area is 138 Å². The van der Waals surface area contributed by atoms with Crippen molar-refractivity contribution in [2.75, 3.05) is 7.11 Å². The number of ether oxygens (including phenoxy) is 1. The van der Waals surface area contributed by atoms with Crippen LogP contribution in [0.3, 0.4) is 0 Å². The Hall–Kier alpha value is -2.08. The third-order valence-corrected chi connectivity index (χ3v) is 5.34. The molecular formula is C17H18N2O3S. The highest BCUT2D eigenvalue weighted by atomic mass is 32.2. The summed E-state index contributed by atoms with van der Waals surface area (Å²) in [6.45, 7) is 1.69. The number of nitrogens with one attached hydrogen (secondary N) is 1. The quantitative estimate of drug-likeness (QED) is 0.692. The van der Waals surface area contributed by atoms with Crippen LogP contribution in [0, 0.1) is 6.92 Å². The van der Waals surface area contributed by atoms with Crippen LogP contribution < -0.4 is 5.69 Å². The summed E-state index contributed by atoms with van der Waals surface area (Å²) in [4.78, 5) is 30.4. The van der Waals surface area contributed by atoms with E-state index in [-0.39, 0.29) is 5.25 Å². The first-order chi connectivity index (χ1) is 11.1. The summed E-state index contributed by atoms with van der Waals surface area (Å²) in [5.41, 5.74) is 2.99. The van der Waals surface area contributed by atoms with Gasteiger partial charge in [0, 0.05) is 10.9 Å². The lowest BCUT2D eigenvalue weighted by molar-refractivity contribution is 0.0594. The van der Waals surface area contributed by atoms with Crippen LogP contribution in [0.4, 0.5) is 0 Å². The first kappa shape index (κ1) is 15.8. The van der Waals surface area contributed by atoms with Crippen LogP contribution >= 0.6 is 11.8 Å². The van der Waals surface area contributed by atoms with Crippen molar-refractivity contribution in [2.24, 2.45) is 0 Å². The molecule has 0 fully saturated rings. The molecule has 0 amide bonds. The zero-order valence-corrected chi connectivity index (χ0v) is 13.9. The smallest absolute Gasteiger partial charge is 0.346 e. The lowest BCUT2D eigenvalue weighted by Gasteiger charge is -2.25. The monoisotopic (exact) mass is 330 g/mol. The molecule has 0 radical (unpaired) electrons. The number of carbonyl (C=O) groups is 1. The average Bonchev–Trinajstić information content (AvgIpc) is 2.54. The molecular weight excluding hydrogens is 312 g/mol. The number of rotatable bonds is 3. The number of thioether (sulfide) groups is 1. The zero-order chi connectivity index (χ0) is 16.4. The number of fused-ring (bicyclic) bond motifs is 1. The van der Waals surface area contributed by atoms with Gasteiger partial charge in [0.2, 0.25) is 0 Å². The van der Waals surface area contributed by atoms with Crippen LogP contribution in [-0.2, 0) is 11.2 Å². The fourth-order valence-corrected chi connectivity index (χ4v) is 4.35. The van der Waals surface area contributed by atoms with E-state index in [2.05, 4.69) is 22.1 Å². The molecule has 3 rings (SSSR count). The van der Waals surface area contributed by atoms with E-state index in [0.29, 0.717) is 16.3 Å². The molecule has 0 saturated carbocycles. The van der Waals surface area contributed by atoms with Gasteiger partial charge in [-0.2, -0.15) is 4.98 Å². The van der Waals surface area contributed by atoms with Crippen LogP contribution in [-0.4, -0.2) is 23.0 Å². The lowest BCUT2D eigenvalue weighted by atomic mass is 9.91. The number of hydrogen-bond acceptors (Lipinski definition) is 5. The van der Waals surface area contributed by atoms with Gasteiger partial charge in [0.25, 0.3) is 0 Å². The molecule has 0 aliphatic heterocycles. The molecule has 1 N–H and O–H groups in total. The van der Waals surface area contributed by atoms with E-state index in [4.69, 9.17) is 4.74 Å². The molecule has 1 aromatic heterocycles. The van der Waals surface area contributed by atoms with Crippen LogP contribution in [0.1, 0.15) is 45.3 Å². The van der Waals surface area contributed by atoms with Gasteiger partial charge in [0.05, 0.1) is 7.11 Å². The Morgan fingerprint density at radius 3 is 2.96 bits per heavy atom. The summed E-state index contributed by atoms with van der Waals surface area (Å²) < 4.78 is 4.84. The maximum absolute atomic E-state index is 12.1. The molecule has 1 aromatic carbocycles. The van der Waals surface area contributed by atoms with Crippen molar-refractivity contribution in [1.29, 1.82) is 0 Å². The van der Waals surface area contributed by atoms with Crippen molar-refractivity contribution in [3.8, 4) is 0 Å². The number of hydrogen-bond donors (Lipinski definition) is 1. The number of H-pyrrole nitrogens is 1. The van der Waals surface area contributed by atoms with Gasteiger partial charge >= 0.3 is 11.7 Å². The Kier molecular flexibility index (Phi) is 4.52. The van der Waals surface area contributed by atoms with Crippen LogP contribution in [0.5, 0.6) is 0 Å². The average molecular weight is 330 g/mol. The molecule has 0 saturated heterocycles. The molecule has 1 aliphatic carbocycles. The summed E-state index contributed by atoms with van der Waals surface area (Å²) in [6, 6.07) is 8.32. The van der Waals surface area contributed by atoms with E-state index >= 15 is 0 Å². The molecule has 0 bridgehead atoms. The minimum Gasteiger partial charge on any atom is -0.465 e. The fourth-order valence-electron chi connectivity index (χ4n) is 2.95. The topological polar surface area (TPSA) is 72.0 Å². The number of aromatic amines is 1. The van der Waals surface area contributed by atoms with Gasteiger partial charge in [-0.15, -0.1) is 0 Å². The highest BCUT2D eigenvalue weighted by Crippen LogP contribution is 2.43. The number of benzene rings is 1. The zero-order valence-electron chi connectivity index (χ0n) is 13.1. The molecule has 5 nitrogen and oxygen atoms in total. The van der Waals surface area contributed by atoms with Crippen LogP contribution in [0.25, 0.3) is 0 Å². The van der Waals surface area contributed by atoms with E-state index in [1.807, 2.05) is 12.1 Å². The highest BCUT2D eigenvalue weighted by Gasteiger charge is 2.25. The number of nitrogens with zero attached hydrogens (tertiary/aromatic N) is 1. The second-order valence-electron chi connectivity index (χ2n) is 5.54. The molecule has 23 heavy (non-hydrogen) atoms. The maximum Gasteiger partial charge on any atom is 0.346 e. The van der Waals surface area contributed by atoms with Crippen LogP contribution in [0.15, 0.2) is 34.1 Å². The summed E-state index contributed by atoms with van der Waals surface area (Å²) in [5.74, 6) is -0.474. The second-order valence-corrected chi connectivity index (χ2v) is 6.73. The third-order valence-electron chi connectivity index (χ3n) is 4.04. The standard InChI is InChI=1S/C17H18N2O3S/c1-10-14(16(20)22-2)15(19-17(21)18-10)23-13-9-5-7-11-6-3-4-8-12(11)13/h3-4,6,8,13H,5,7,9H2,1-2H3,(H,18,19,21)/t13-/m0/s1. The third kappa shape index (κ3) is 3.17. The second kappa shape index (κ2) is 6.58.